The number of likely N-dealkylation sites (N-methyl/N-ethyl adjacent to an activating group) is 1. The third-order valence-corrected chi connectivity index (χ3v) is 3.67. The van der Waals surface area contributed by atoms with Crippen molar-refractivity contribution in [1.82, 2.24) is 4.90 Å². The number of aliphatic hydroxyl groups is 2. The molecule has 0 atom stereocenters. The van der Waals surface area contributed by atoms with E-state index in [0.29, 0.717) is 12.5 Å². The number of hydrogen-bond donors (Lipinski definition) is 2. The molecule has 114 valence electrons. The van der Waals surface area contributed by atoms with Gasteiger partial charge in [0.25, 0.3) is 0 Å². The first kappa shape index (κ1) is 15.8. The molecule has 0 aromatic heterocycles. The summed E-state index contributed by atoms with van der Waals surface area (Å²) in [6.45, 7) is 2.37. The van der Waals surface area contributed by atoms with Crippen LogP contribution in [0.2, 0.25) is 0 Å². The van der Waals surface area contributed by atoms with E-state index < -0.39 is 0 Å². The molecule has 1 aliphatic carbocycles. The normalized spacial score (nSPS) is 20.6. The zero-order valence-electron chi connectivity index (χ0n) is 12.5. The second kappa shape index (κ2) is 8.04. The first-order valence-electron chi connectivity index (χ1n) is 7.36. The van der Waals surface area contributed by atoms with Gasteiger partial charge in [0, 0.05) is 18.7 Å². The van der Waals surface area contributed by atoms with Gasteiger partial charge in [-0.2, -0.15) is 0 Å². The standard InChI is InChI=1S/C17H23NO3/c1-18(13-15-10-16(20)11-15)7-9-21-17-6-2-4-14(12-17)5-3-8-19/h2,4,6,12,15-16,19-20H,7-11,13H2,1H3. The van der Waals surface area contributed by atoms with Crippen LogP contribution in [-0.2, 0) is 0 Å². The summed E-state index contributed by atoms with van der Waals surface area (Å²) in [5.41, 5.74) is 0.846. The van der Waals surface area contributed by atoms with Gasteiger partial charge in [-0.1, -0.05) is 17.9 Å². The van der Waals surface area contributed by atoms with E-state index in [4.69, 9.17) is 9.84 Å². The van der Waals surface area contributed by atoms with Gasteiger partial charge in [-0.3, -0.25) is 0 Å². The van der Waals surface area contributed by atoms with Crippen molar-refractivity contribution in [3.63, 3.8) is 0 Å². The summed E-state index contributed by atoms with van der Waals surface area (Å²) in [4.78, 5) is 2.24. The summed E-state index contributed by atoms with van der Waals surface area (Å²) >= 11 is 0. The first-order valence-corrected chi connectivity index (χ1v) is 7.36. The molecule has 2 rings (SSSR count). The van der Waals surface area contributed by atoms with Gasteiger partial charge in [0.15, 0.2) is 0 Å². The molecule has 21 heavy (non-hydrogen) atoms. The third-order valence-electron chi connectivity index (χ3n) is 3.67. The topological polar surface area (TPSA) is 52.9 Å². The largest absolute Gasteiger partial charge is 0.492 e. The lowest BCUT2D eigenvalue weighted by Gasteiger charge is -2.34. The Morgan fingerprint density at radius 3 is 2.90 bits per heavy atom. The Bertz CT molecular complexity index is 500. The van der Waals surface area contributed by atoms with Gasteiger partial charge in [-0.05, 0) is 44.0 Å². The van der Waals surface area contributed by atoms with E-state index in [1.165, 1.54) is 0 Å². The molecule has 4 heteroatoms. The lowest BCUT2D eigenvalue weighted by molar-refractivity contribution is 0.0269. The summed E-state index contributed by atoms with van der Waals surface area (Å²) in [6, 6.07) is 7.58. The summed E-state index contributed by atoms with van der Waals surface area (Å²) in [5.74, 6) is 6.92. The van der Waals surface area contributed by atoms with Gasteiger partial charge in [-0.15, -0.1) is 0 Å². The van der Waals surface area contributed by atoms with E-state index >= 15 is 0 Å². The molecule has 1 fully saturated rings. The fourth-order valence-corrected chi connectivity index (χ4v) is 2.51. The predicted octanol–water partition coefficient (Wildman–Crippen LogP) is 1.11. The minimum Gasteiger partial charge on any atom is -0.492 e. The van der Waals surface area contributed by atoms with Crippen molar-refractivity contribution in [3.05, 3.63) is 29.8 Å². The minimum atomic E-state index is -0.133. The van der Waals surface area contributed by atoms with Gasteiger partial charge in [0.1, 0.15) is 19.0 Å². The van der Waals surface area contributed by atoms with E-state index in [2.05, 4.69) is 23.8 Å². The van der Waals surface area contributed by atoms with Crippen molar-refractivity contribution < 1.29 is 14.9 Å². The molecule has 0 bridgehead atoms. The Kier molecular flexibility index (Phi) is 6.06. The van der Waals surface area contributed by atoms with Crippen LogP contribution in [0.1, 0.15) is 18.4 Å². The average molecular weight is 289 g/mol. The van der Waals surface area contributed by atoms with Crippen molar-refractivity contribution in [1.29, 1.82) is 0 Å². The van der Waals surface area contributed by atoms with Gasteiger partial charge in [0.05, 0.1) is 6.10 Å². The Morgan fingerprint density at radius 2 is 2.19 bits per heavy atom. The monoisotopic (exact) mass is 289 g/mol. The summed E-state index contributed by atoms with van der Waals surface area (Å²) in [7, 11) is 2.08. The van der Waals surface area contributed by atoms with Crippen LogP contribution in [0.25, 0.3) is 0 Å². The van der Waals surface area contributed by atoms with E-state index in [0.717, 1.165) is 37.2 Å². The maximum atomic E-state index is 9.27. The SMILES string of the molecule is CN(CCOc1cccc(C#CCO)c1)CC1CC(O)C1. The molecule has 0 saturated heterocycles. The fraction of sp³-hybridized carbons (Fsp3) is 0.529. The highest BCUT2D eigenvalue weighted by Crippen LogP contribution is 2.27. The van der Waals surface area contributed by atoms with Crippen LogP contribution in [0.5, 0.6) is 5.75 Å². The smallest absolute Gasteiger partial charge is 0.120 e. The van der Waals surface area contributed by atoms with Crippen molar-refractivity contribution >= 4 is 0 Å². The lowest BCUT2D eigenvalue weighted by Crippen LogP contribution is -2.38. The summed E-state index contributed by atoms with van der Waals surface area (Å²) in [6.07, 6.45) is 1.77. The maximum Gasteiger partial charge on any atom is 0.120 e. The van der Waals surface area contributed by atoms with Crippen molar-refractivity contribution in [2.24, 2.45) is 5.92 Å². The molecule has 0 amide bonds. The molecule has 2 N–H and O–H groups in total. The van der Waals surface area contributed by atoms with Crippen molar-refractivity contribution in [2.75, 3.05) is 33.4 Å². The highest BCUT2D eigenvalue weighted by Gasteiger charge is 2.27. The second-order valence-electron chi connectivity index (χ2n) is 5.59. The molecule has 0 heterocycles. The maximum absolute atomic E-state index is 9.27. The minimum absolute atomic E-state index is 0.0811. The molecular formula is C17H23NO3. The molecule has 1 aliphatic rings. The molecule has 4 nitrogen and oxygen atoms in total. The van der Waals surface area contributed by atoms with Crippen LogP contribution in [0, 0.1) is 17.8 Å². The van der Waals surface area contributed by atoms with Gasteiger partial charge >= 0.3 is 0 Å². The number of nitrogens with zero attached hydrogens (tertiary/aromatic N) is 1. The number of rotatable bonds is 6. The molecule has 1 saturated carbocycles. The zero-order chi connectivity index (χ0) is 15.1. The van der Waals surface area contributed by atoms with Gasteiger partial charge < -0.3 is 19.8 Å². The number of aliphatic hydroxyl groups excluding tert-OH is 2. The predicted molar refractivity (Wildman–Crippen MR) is 82.1 cm³/mol. The quantitative estimate of drug-likeness (QED) is 0.770. The van der Waals surface area contributed by atoms with E-state index in [1.54, 1.807) is 0 Å². The van der Waals surface area contributed by atoms with Crippen molar-refractivity contribution in [3.8, 4) is 17.6 Å². The Balaban J connectivity index is 1.70. The van der Waals surface area contributed by atoms with E-state index in [-0.39, 0.29) is 12.7 Å². The average Bonchev–Trinajstić information content (AvgIpc) is 2.44. The zero-order valence-corrected chi connectivity index (χ0v) is 12.5. The fourth-order valence-electron chi connectivity index (χ4n) is 2.51. The highest BCUT2D eigenvalue weighted by atomic mass is 16.5. The molecule has 0 spiro atoms. The van der Waals surface area contributed by atoms with Crippen LogP contribution >= 0.6 is 0 Å². The summed E-state index contributed by atoms with van der Waals surface area (Å²) in [5, 5.41) is 18.0. The first-order chi connectivity index (χ1) is 10.2. The van der Waals surface area contributed by atoms with E-state index in [9.17, 15) is 5.11 Å². The molecule has 0 unspecified atom stereocenters. The summed E-state index contributed by atoms with van der Waals surface area (Å²) < 4.78 is 5.73. The number of hydrogen-bond acceptors (Lipinski definition) is 4. The lowest BCUT2D eigenvalue weighted by atomic mass is 9.82. The molecule has 1 aromatic rings. The Labute approximate surface area is 126 Å². The van der Waals surface area contributed by atoms with E-state index in [1.807, 2.05) is 24.3 Å². The molecule has 0 radical (unpaired) electrons. The van der Waals surface area contributed by atoms with Crippen LogP contribution in [0.3, 0.4) is 0 Å². The molecular weight excluding hydrogens is 266 g/mol. The molecule has 1 aromatic carbocycles. The van der Waals surface area contributed by atoms with Crippen LogP contribution in [0.4, 0.5) is 0 Å². The van der Waals surface area contributed by atoms with Crippen LogP contribution < -0.4 is 4.74 Å². The highest BCUT2D eigenvalue weighted by molar-refractivity contribution is 5.39. The second-order valence-corrected chi connectivity index (χ2v) is 5.59. The Morgan fingerprint density at radius 1 is 1.38 bits per heavy atom. The number of benzene rings is 1. The molecule has 0 aliphatic heterocycles. The van der Waals surface area contributed by atoms with Crippen LogP contribution in [0.15, 0.2) is 24.3 Å². The third kappa shape index (κ3) is 5.39. The van der Waals surface area contributed by atoms with Crippen LogP contribution in [-0.4, -0.2) is 54.6 Å². The van der Waals surface area contributed by atoms with Crippen molar-refractivity contribution in [2.45, 2.75) is 18.9 Å². The number of ether oxygens (including phenoxy) is 1. The Hall–Kier alpha value is -1.54. The van der Waals surface area contributed by atoms with Gasteiger partial charge in [0.2, 0.25) is 0 Å². The van der Waals surface area contributed by atoms with Gasteiger partial charge in [-0.25, -0.2) is 0 Å².